The lowest BCUT2D eigenvalue weighted by atomic mass is 10.2. The number of hydrogen-bond donors (Lipinski definition) is 1. The first kappa shape index (κ1) is 8.26. The minimum absolute atomic E-state index is 0.569. The molecule has 9 heavy (non-hydrogen) atoms. The van der Waals surface area contributed by atoms with Crippen LogP contribution in [0.3, 0.4) is 0 Å². The highest BCUT2D eigenvalue weighted by Gasteiger charge is 1.97. The third kappa shape index (κ3) is 2.94. The van der Waals surface area contributed by atoms with E-state index in [9.17, 15) is 0 Å². The fraction of sp³-hybridized carbons (Fsp3) is 0.500. The average Bonchev–Trinajstić information content (AvgIpc) is 1.87. The second-order valence-electron chi connectivity index (χ2n) is 1.83. The molecule has 0 spiro atoms. The van der Waals surface area contributed by atoms with E-state index in [1.165, 1.54) is 0 Å². The van der Waals surface area contributed by atoms with Crippen molar-refractivity contribution in [1.29, 1.82) is 0 Å². The number of rotatable bonds is 1. The molecular weight excluding hydrogens is 112 g/mol. The summed E-state index contributed by atoms with van der Waals surface area (Å²) in [5.41, 5.74) is 0.907. The molecule has 0 aromatic heterocycles. The van der Waals surface area contributed by atoms with E-state index in [0.717, 1.165) is 5.57 Å². The first-order valence-corrected chi connectivity index (χ1v) is 2.95. The van der Waals surface area contributed by atoms with Crippen LogP contribution in [0.5, 0.6) is 0 Å². The molecule has 0 aromatic rings. The first-order chi connectivity index (χ1) is 4.22. The lowest BCUT2D eigenvalue weighted by Gasteiger charge is -1.99. The van der Waals surface area contributed by atoms with E-state index >= 15 is 0 Å². The molecule has 1 unspecified atom stereocenters. The van der Waals surface area contributed by atoms with Gasteiger partial charge in [-0.05, 0) is 26.3 Å². The van der Waals surface area contributed by atoms with Gasteiger partial charge in [-0.25, -0.2) is 0 Å². The van der Waals surface area contributed by atoms with Crippen LogP contribution in [0.2, 0.25) is 0 Å². The summed E-state index contributed by atoms with van der Waals surface area (Å²) in [5.74, 6) is 5.28. The van der Waals surface area contributed by atoms with Crippen LogP contribution < -0.4 is 0 Å². The smallest absolute Gasteiger partial charge is 0.135 e. The van der Waals surface area contributed by atoms with Crippen molar-refractivity contribution < 1.29 is 5.11 Å². The predicted octanol–water partition coefficient (Wildman–Crippen LogP) is 1.34. The molecule has 0 aliphatic rings. The molecule has 1 nitrogen and oxygen atoms in total. The molecule has 0 aliphatic carbocycles. The Morgan fingerprint density at radius 1 is 1.67 bits per heavy atom. The summed E-state index contributed by atoms with van der Waals surface area (Å²) in [6.45, 7) is 5.46. The highest BCUT2D eigenvalue weighted by atomic mass is 16.3. The minimum atomic E-state index is -0.569. The van der Waals surface area contributed by atoms with Gasteiger partial charge < -0.3 is 5.11 Å². The van der Waals surface area contributed by atoms with Gasteiger partial charge in [0.2, 0.25) is 0 Å². The summed E-state index contributed by atoms with van der Waals surface area (Å²) in [4.78, 5) is 0. The van der Waals surface area contributed by atoms with Gasteiger partial charge >= 0.3 is 0 Å². The molecule has 0 aromatic carbocycles. The summed E-state index contributed by atoms with van der Waals surface area (Å²) in [6, 6.07) is 0. The topological polar surface area (TPSA) is 20.2 Å². The van der Waals surface area contributed by atoms with Crippen LogP contribution in [0.25, 0.3) is 0 Å². The Hall–Kier alpha value is -0.740. The molecule has 0 bridgehead atoms. The maximum absolute atomic E-state index is 9.08. The summed E-state index contributed by atoms with van der Waals surface area (Å²) < 4.78 is 0. The highest BCUT2D eigenvalue weighted by molar-refractivity contribution is 5.18. The zero-order valence-corrected chi connectivity index (χ0v) is 6.10. The molecule has 0 fully saturated rings. The van der Waals surface area contributed by atoms with E-state index in [2.05, 4.69) is 11.8 Å². The summed E-state index contributed by atoms with van der Waals surface area (Å²) in [5, 5.41) is 9.08. The van der Waals surface area contributed by atoms with Crippen molar-refractivity contribution in [3.63, 3.8) is 0 Å². The van der Waals surface area contributed by atoms with E-state index in [1.807, 2.05) is 19.9 Å². The number of aliphatic hydroxyl groups is 1. The molecule has 1 N–H and O–H groups in total. The van der Waals surface area contributed by atoms with Gasteiger partial charge in [-0.15, -0.1) is 5.92 Å². The van der Waals surface area contributed by atoms with E-state index < -0.39 is 6.10 Å². The van der Waals surface area contributed by atoms with E-state index in [0.29, 0.717) is 0 Å². The molecule has 1 atom stereocenters. The van der Waals surface area contributed by atoms with Crippen LogP contribution >= 0.6 is 0 Å². The van der Waals surface area contributed by atoms with Crippen molar-refractivity contribution in [3.8, 4) is 11.8 Å². The fourth-order valence-corrected chi connectivity index (χ4v) is 0.408. The SMILES string of the molecule is CC#CC(O)/C(C)=C/C. The fourth-order valence-electron chi connectivity index (χ4n) is 0.408. The van der Waals surface area contributed by atoms with Gasteiger partial charge in [0, 0.05) is 0 Å². The third-order valence-electron chi connectivity index (χ3n) is 1.17. The average molecular weight is 124 g/mol. The Balaban J connectivity index is 3.99. The second kappa shape index (κ2) is 4.17. The van der Waals surface area contributed by atoms with E-state index in [-0.39, 0.29) is 0 Å². The van der Waals surface area contributed by atoms with Gasteiger partial charge in [0.25, 0.3) is 0 Å². The van der Waals surface area contributed by atoms with Gasteiger partial charge in [0.15, 0.2) is 0 Å². The minimum Gasteiger partial charge on any atom is -0.376 e. The molecular formula is C8H12O. The van der Waals surface area contributed by atoms with Gasteiger partial charge in [-0.1, -0.05) is 12.0 Å². The van der Waals surface area contributed by atoms with Gasteiger partial charge in [0.05, 0.1) is 0 Å². The zero-order chi connectivity index (χ0) is 7.28. The van der Waals surface area contributed by atoms with E-state index in [4.69, 9.17) is 5.11 Å². The van der Waals surface area contributed by atoms with Gasteiger partial charge in [-0.3, -0.25) is 0 Å². The third-order valence-corrected chi connectivity index (χ3v) is 1.17. The normalized spacial score (nSPS) is 14.0. The first-order valence-electron chi connectivity index (χ1n) is 2.95. The van der Waals surface area contributed by atoms with Crippen molar-refractivity contribution in [3.05, 3.63) is 11.6 Å². The van der Waals surface area contributed by atoms with Crippen molar-refractivity contribution in [2.45, 2.75) is 26.9 Å². The Morgan fingerprint density at radius 3 is 2.56 bits per heavy atom. The Labute approximate surface area is 56.4 Å². The maximum Gasteiger partial charge on any atom is 0.135 e. The number of aliphatic hydroxyl groups excluding tert-OH is 1. The number of allylic oxidation sites excluding steroid dienone is 1. The van der Waals surface area contributed by atoms with Gasteiger partial charge in [-0.2, -0.15) is 0 Å². The Kier molecular flexibility index (Phi) is 3.83. The standard InChI is InChI=1S/C8H12O/c1-4-6-8(9)7(3)5-2/h5,8-9H,1-3H3/b7-5+. The predicted molar refractivity (Wildman–Crippen MR) is 38.9 cm³/mol. The van der Waals surface area contributed by atoms with Crippen LogP contribution in [-0.4, -0.2) is 11.2 Å². The molecule has 1 heteroatoms. The molecule has 0 aliphatic heterocycles. The lowest BCUT2D eigenvalue weighted by molar-refractivity contribution is 0.268. The number of hydrogen-bond acceptors (Lipinski definition) is 1. The van der Waals surface area contributed by atoms with Crippen LogP contribution in [-0.2, 0) is 0 Å². The van der Waals surface area contributed by atoms with Crippen molar-refractivity contribution >= 4 is 0 Å². The van der Waals surface area contributed by atoms with Crippen LogP contribution in [0, 0.1) is 11.8 Å². The van der Waals surface area contributed by atoms with Gasteiger partial charge in [0.1, 0.15) is 6.10 Å². The molecule has 0 radical (unpaired) electrons. The lowest BCUT2D eigenvalue weighted by Crippen LogP contribution is -2.03. The van der Waals surface area contributed by atoms with Crippen LogP contribution in [0.4, 0.5) is 0 Å². The van der Waals surface area contributed by atoms with Crippen molar-refractivity contribution in [2.24, 2.45) is 0 Å². The monoisotopic (exact) mass is 124 g/mol. The van der Waals surface area contributed by atoms with Crippen LogP contribution in [0.15, 0.2) is 11.6 Å². The van der Waals surface area contributed by atoms with Crippen LogP contribution in [0.1, 0.15) is 20.8 Å². The van der Waals surface area contributed by atoms with Crippen molar-refractivity contribution in [1.82, 2.24) is 0 Å². The molecule has 0 saturated carbocycles. The Bertz CT molecular complexity index is 157. The molecule has 0 heterocycles. The Morgan fingerprint density at radius 2 is 2.22 bits per heavy atom. The quantitative estimate of drug-likeness (QED) is 0.413. The highest BCUT2D eigenvalue weighted by Crippen LogP contribution is 1.97. The summed E-state index contributed by atoms with van der Waals surface area (Å²) in [7, 11) is 0. The molecule has 0 saturated heterocycles. The molecule has 50 valence electrons. The second-order valence-corrected chi connectivity index (χ2v) is 1.83. The summed E-state index contributed by atoms with van der Waals surface area (Å²) in [6.07, 6.45) is 1.29. The summed E-state index contributed by atoms with van der Waals surface area (Å²) >= 11 is 0. The molecule has 0 rings (SSSR count). The van der Waals surface area contributed by atoms with Crippen molar-refractivity contribution in [2.75, 3.05) is 0 Å². The molecule has 0 amide bonds. The zero-order valence-electron chi connectivity index (χ0n) is 6.10. The maximum atomic E-state index is 9.08. The van der Waals surface area contributed by atoms with E-state index in [1.54, 1.807) is 6.92 Å². The largest absolute Gasteiger partial charge is 0.376 e.